The Bertz CT molecular complexity index is 511. The van der Waals surface area contributed by atoms with Crippen molar-refractivity contribution in [1.82, 2.24) is 14.6 Å². The van der Waals surface area contributed by atoms with Crippen LogP contribution < -0.4 is 5.73 Å². The van der Waals surface area contributed by atoms with Gasteiger partial charge in [0.05, 0.1) is 5.56 Å². The topological polar surface area (TPSA) is 80.1 Å². The van der Waals surface area contributed by atoms with E-state index >= 15 is 0 Å². The van der Waals surface area contributed by atoms with Crippen LogP contribution >= 0.6 is 0 Å². The zero-order valence-corrected chi connectivity index (χ0v) is 8.07. The van der Waals surface area contributed by atoms with Crippen LogP contribution in [-0.4, -0.2) is 20.4 Å². The van der Waals surface area contributed by atoms with Crippen molar-refractivity contribution in [1.29, 1.82) is 5.41 Å². The van der Waals surface area contributed by atoms with Gasteiger partial charge in [0.1, 0.15) is 11.7 Å². The molecule has 0 amide bonds. The van der Waals surface area contributed by atoms with Crippen molar-refractivity contribution >= 4 is 11.5 Å². The first-order valence-electron chi connectivity index (χ1n) is 4.27. The molecule has 14 heavy (non-hydrogen) atoms. The van der Waals surface area contributed by atoms with Crippen LogP contribution in [-0.2, 0) is 0 Å². The van der Waals surface area contributed by atoms with Crippen LogP contribution in [0.5, 0.6) is 0 Å². The second-order valence-corrected chi connectivity index (χ2v) is 3.20. The molecule has 0 fully saturated rings. The minimum atomic E-state index is 0.0161. The largest absolute Gasteiger partial charge is 0.384 e. The number of nitrogens with two attached hydrogens (primary N) is 1. The summed E-state index contributed by atoms with van der Waals surface area (Å²) in [5.74, 6) is 0.698. The number of hydrogen-bond acceptors (Lipinski definition) is 3. The highest BCUT2D eigenvalue weighted by molar-refractivity contribution is 6.00. The highest BCUT2D eigenvalue weighted by Crippen LogP contribution is 2.10. The third-order valence-corrected chi connectivity index (χ3v) is 2.07. The minimum Gasteiger partial charge on any atom is -0.384 e. The van der Waals surface area contributed by atoms with Crippen LogP contribution in [0, 0.1) is 19.3 Å². The molecule has 0 saturated carbocycles. The van der Waals surface area contributed by atoms with Crippen molar-refractivity contribution in [2.24, 2.45) is 5.73 Å². The van der Waals surface area contributed by atoms with Gasteiger partial charge < -0.3 is 5.73 Å². The lowest BCUT2D eigenvalue weighted by Crippen LogP contribution is -2.13. The monoisotopic (exact) mass is 189 g/mol. The van der Waals surface area contributed by atoms with Crippen LogP contribution in [0.3, 0.4) is 0 Å². The molecule has 0 radical (unpaired) electrons. The predicted octanol–water partition coefficient (Wildman–Crippen LogP) is 0.630. The number of aryl methyl sites for hydroxylation is 2. The molecule has 2 rings (SSSR count). The van der Waals surface area contributed by atoms with E-state index in [1.807, 2.05) is 19.9 Å². The summed E-state index contributed by atoms with van der Waals surface area (Å²) in [6.07, 6.45) is 0. The summed E-state index contributed by atoms with van der Waals surface area (Å²) in [5.41, 5.74) is 7.69. The van der Waals surface area contributed by atoms with Crippen molar-refractivity contribution in [2.45, 2.75) is 13.8 Å². The summed E-state index contributed by atoms with van der Waals surface area (Å²) in [4.78, 5) is 4.23. The fraction of sp³-hybridized carbons (Fsp3) is 0.222. The van der Waals surface area contributed by atoms with Crippen LogP contribution in [0.4, 0.5) is 0 Å². The van der Waals surface area contributed by atoms with Crippen molar-refractivity contribution in [3.8, 4) is 0 Å². The average molecular weight is 189 g/mol. The van der Waals surface area contributed by atoms with Gasteiger partial charge in [0.25, 0.3) is 0 Å². The van der Waals surface area contributed by atoms with E-state index in [4.69, 9.17) is 11.1 Å². The van der Waals surface area contributed by atoms with Crippen LogP contribution in [0.15, 0.2) is 12.1 Å². The predicted molar refractivity (Wildman–Crippen MR) is 53.5 cm³/mol. The molecule has 0 spiro atoms. The molecular formula is C9H11N5. The summed E-state index contributed by atoms with van der Waals surface area (Å²) in [6.45, 7) is 3.75. The molecule has 0 aliphatic carbocycles. The molecule has 0 aliphatic heterocycles. The summed E-state index contributed by atoms with van der Waals surface area (Å²) in [5, 5.41) is 11.6. The van der Waals surface area contributed by atoms with Crippen LogP contribution in [0.1, 0.15) is 17.1 Å². The van der Waals surface area contributed by atoms with E-state index in [0.717, 1.165) is 5.69 Å². The Kier molecular flexibility index (Phi) is 1.73. The fourth-order valence-corrected chi connectivity index (χ4v) is 1.39. The number of pyridine rings is 1. The van der Waals surface area contributed by atoms with E-state index in [-0.39, 0.29) is 5.84 Å². The molecule has 2 aromatic rings. The molecule has 5 nitrogen and oxygen atoms in total. The fourth-order valence-electron chi connectivity index (χ4n) is 1.39. The summed E-state index contributed by atoms with van der Waals surface area (Å²) in [6, 6.07) is 3.67. The SMILES string of the molecule is Cc1nc2c(C(=N)N)ccc(C)n2n1. The van der Waals surface area contributed by atoms with Gasteiger partial charge in [0.2, 0.25) is 0 Å². The van der Waals surface area contributed by atoms with Crippen molar-refractivity contribution in [3.63, 3.8) is 0 Å². The lowest BCUT2D eigenvalue weighted by molar-refractivity contribution is 0.891. The van der Waals surface area contributed by atoms with Gasteiger partial charge in [-0.15, -0.1) is 0 Å². The average Bonchev–Trinajstić information content (AvgIpc) is 2.47. The standard InChI is InChI=1S/C9H11N5/c1-5-3-4-7(8(10)11)9-12-6(2)13-14(5)9/h3-4H,1-2H3,(H3,10,11). The maximum atomic E-state index is 7.39. The van der Waals surface area contributed by atoms with E-state index in [1.165, 1.54) is 0 Å². The number of aromatic nitrogens is 3. The molecule has 2 heterocycles. The Hall–Kier alpha value is -1.91. The van der Waals surface area contributed by atoms with Gasteiger partial charge in [0.15, 0.2) is 5.65 Å². The number of fused-ring (bicyclic) bond motifs is 1. The smallest absolute Gasteiger partial charge is 0.166 e. The first kappa shape index (κ1) is 8.68. The molecule has 2 aromatic heterocycles. The molecule has 0 aliphatic rings. The summed E-state index contributed by atoms with van der Waals surface area (Å²) < 4.78 is 1.70. The van der Waals surface area contributed by atoms with Gasteiger partial charge >= 0.3 is 0 Å². The second-order valence-electron chi connectivity index (χ2n) is 3.20. The van der Waals surface area contributed by atoms with E-state index in [0.29, 0.717) is 17.0 Å². The first-order valence-corrected chi connectivity index (χ1v) is 4.27. The number of nitrogen functional groups attached to an aromatic ring is 1. The van der Waals surface area contributed by atoms with E-state index in [1.54, 1.807) is 10.6 Å². The highest BCUT2D eigenvalue weighted by Gasteiger charge is 2.09. The Balaban J connectivity index is 2.87. The molecule has 0 atom stereocenters. The summed E-state index contributed by atoms with van der Waals surface area (Å²) in [7, 11) is 0. The Morgan fingerprint density at radius 3 is 2.79 bits per heavy atom. The number of nitrogens with zero attached hydrogens (tertiary/aromatic N) is 3. The molecule has 0 bridgehead atoms. The maximum Gasteiger partial charge on any atom is 0.166 e. The summed E-state index contributed by atoms with van der Waals surface area (Å²) >= 11 is 0. The molecule has 0 unspecified atom stereocenters. The van der Waals surface area contributed by atoms with E-state index in [9.17, 15) is 0 Å². The number of nitrogens with one attached hydrogen (secondary N) is 1. The molecule has 0 aromatic carbocycles. The number of rotatable bonds is 1. The van der Waals surface area contributed by atoms with Gasteiger partial charge in [-0.2, -0.15) is 5.10 Å². The van der Waals surface area contributed by atoms with Crippen molar-refractivity contribution in [3.05, 3.63) is 29.2 Å². The van der Waals surface area contributed by atoms with Gasteiger partial charge in [-0.3, -0.25) is 5.41 Å². The third kappa shape index (κ3) is 1.14. The van der Waals surface area contributed by atoms with E-state index in [2.05, 4.69) is 10.1 Å². The molecule has 3 N–H and O–H groups in total. The lowest BCUT2D eigenvalue weighted by Gasteiger charge is -2.02. The molecular weight excluding hydrogens is 178 g/mol. The lowest BCUT2D eigenvalue weighted by atomic mass is 10.2. The zero-order chi connectivity index (χ0) is 10.3. The maximum absolute atomic E-state index is 7.39. The molecule has 0 saturated heterocycles. The van der Waals surface area contributed by atoms with Gasteiger partial charge in [0, 0.05) is 5.69 Å². The van der Waals surface area contributed by atoms with Crippen molar-refractivity contribution in [2.75, 3.05) is 0 Å². The van der Waals surface area contributed by atoms with Crippen LogP contribution in [0.25, 0.3) is 5.65 Å². The van der Waals surface area contributed by atoms with Crippen LogP contribution in [0.2, 0.25) is 0 Å². The normalized spacial score (nSPS) is 10.7. The number of amidine groups is 1. The Morgan fingerprint density at radius 2 is 2.14 bits per heavy atom. The Morgan fingerprint density at radius 1 is 1.43 bits per heavy atom. The quantitative estimate of drug-likeness (QED) is 0.510. The second kappa shape index (κ2) is 2.80. The Labute approximate surface area is 81.1 Å². The van der Waals surface area contributed by atoms with E-state index < -0.39 is 0 Å². The van der Waals surface area contributed by atoms with Crippen molar-refractivity contribution < 1.29 is 0 Å². The number of hydrogen-bond donors (Lipinski definition) is 2. The van der Waals surface area contributed by atoms with Gasteiger partial charge in [-0.05, 0) is 26.0 Å². The first-order chi connectivity index (χ1) is 6.59. The third-order valence-electron chi connectivity index (χ3n) is 2.07. The minimum absolute atomic E-state index is 0.0161. The van der Waals surface area contributed by atoms with Gasteiger partial charge in [-0.25, -0.2) is 9.50 Å². The van der Waals surface area contributed by atoms with Gasteiger partial charge in [-0.1, -0.05) is 0 Å². The zero-order valence-electron chi connectivity index (χ0n) is 8.07. The molecule has 72 valence electrons. The molecule has 5 heteroatoms. The highest BCUT2D eigenvalue weighted by atomic mass is 15.3.